The normalized spacial score (nSPS) is 12.6. The molecule has 3 atom stereocenters. The van der Waals surface area contributed by atoms with E-state index in [1.54, 1.807) is 19.0 Å². The molecule has 3 unspecified atom stereocenters. The van der Waals surface area contributed by atoms with Gasteiger partial charge >= 0.3 is 23.9 Å². The second-order valence-electron chi connectivity index (χ2n) is 9.17. The van der Waals surface area contributed by atoms with E-state index in [0.717, 1.165) is 12.8 Å². The fourth-order valence-corrected chi connectivity index (χ4v) is 2.95. The van der Waals surface area contributed by atoms with Gasteiger partial charge in [0, 0.05) is 19.1 Å². The summed E-state index contributed by atoms with van der Waals surface area (Å²) in [5, 5.41) is 40.8. The van der Waals surface area contributed by atoms with Crippen LogP contribution in [0.4, 0.5) is 4.79 Å². The monoisotopic (exact) mass is 565 g/mol. The number of unbranched alkanes of at least 4 members (excludes halogenated alkanes) is 1. The average molecular weight is 566 g/mol. The van der Waals surface area contributed by atoms with E-state index in [2.05, 4.69) is 16.0 Å². The van der Waals surface area contributed by atoms with Gasteiger partial charge in [0.25, 0.3) is 0 Å². The van der Waals surface area contributed by atoms with E-state index in [4.69, 9.17) is 43.7 Å². The third-order valence-corrected chi connectivity index (χ3v) is 4.97. The topological polar surface area (TPSA) is 296 Å². The first-order valence-corrected chi connectivity index (χ1v) is 12.7. The van der Waals surface area contributed by atoms with Gasteiger partial charge in [0.2, 0.25) is 0 Å². The summed E-state index contributed by atoms with van der Waals surface area (Å²) in [6.07, 6.45) is 4.48. The molecule has 0 rings (SSSR count). The van der Waals surface area contributed by atoms with Crippen LogP contribution in [0.2, 0.25) is 0 Å². The van der Waals surface area contributed by atoms with E-state index in [1.165, 1.54) is 0 Å². The van der Waals surface area contributed by atoms with E-state index in [-0.39, 0.29) is 12.0 Å². The Morgan fingerprint density at radius 2 is 1.36 bits per heavy atom. The van der Waals surface area contributed by atoms with Gasteiger partial charge in [-0.2, -0.15) is 0 Å². The Bertz CT molecular complexity index is 709. The Morgan fingerprint density at radius 3 is 1.74 bits per heavy atom. The van der Waals surface area contributed by atoms with Gasteiger partial charge in [0.15, 0.2) is 5.96 Å². The van der Waals surface area contributed by atoms with Crippen LogP contribution in [0, 0.1) is 5.41 Å². The molecule has 0 bridgehead atoms. The van der Waals surface area contributed by atoms with Crippen LogP contribution in [0.25, 0.3) is 0 Å². The smallest absolute Gasteiger partial charge is 0.320 e. The molecule has 0 aromatic carbocycles. The summed E-state index contributed by atoms with van der Waals surface area (Å²) in [5.74, 6) is -2.71. The first-order valence-electron chi connectivity index (χ1n) is 12.7. The second-order valence-corrected chi connectivity index (χ2v) is 9.17. The first-order chi connectivity index (χ1) is 18.1. The van der Waals surface area contributed by atoms with Crippen molar-refractivity contribution in [2.45, 2.75) is 83.0 Å². The largest absolute Gasteiger partial charge is 0.480 e. The number of likely N-dealkylation sites (N-methyl/N-ethyl adjacent to an activating group) is 1. The predicted molar refractivity (Wildman–Crippen MR) is 149 cm³/mol. The van der Waals surface area contributed by atoms with Gasteiger partial charge in [-0.1, -0.05) is 20.3 Å². The van der Waals surface area contributed by atoms with Crippen molar-refractivity contribution in [2.75, 3.05) is 33.7 Å². The van der Waals surface area contributed by atoms with Crippen molar-refractivity contribution < 1.29 is 34.5 Å². The zero-order valence-corrected chi connectivity index (χ0v) is 23.6. The van der Waals surface area contributed by atoms with Gasteiger partial charge in [-0.05, 0) is 59.2 Å². The van der Waals surface area contributed by atoms with Gasteiger partial charge in [0.1, 0.15) is 18.1 Å². The van der Waals surface area contributed by atoms with Crippen molar-refractivity contribution in [3.05, 3.63) is 0 Å². The number of nitrogens with one attached hydrogen (secondary N) is 4. The lowest BCUT2D eigenvalue weighted by molar-refractivity contribution is -0.142. The molecule has 16 nitrogen and oxygen atoms in total. The molecule has 2 amide bonds. The number of rotatable bonds is 18. The average Bonchev–Trinajstić information content (AvgIpc) is 2.80. The molecule has 0 fully saturated rings. The molecular weight excluding hydrogens is 514 g/mol. The molecular formula is C23H51N9O7. The molecule has 0 heterocycles. The highest BCUT2D eigenvalue weighted by Gasteiger charge is 2.19. The molecule has 0 aliphatic heterocycles. The number of urea groups is 1. The van der Waals surface area contributed by atoms with Crippen LogP contribution in [-0.2, 0) is 14.4 Å². The number of nitrogens with two attached hydrogens (primary N) is 4. The van der Waals surface area contributed by atoms with Crippen molar-refractivity contribution in [1.82, 2.24) is 20.9 Å². The lowest BCUT2D eigenvalue weighted by atomic mass is 10.1. The Morgan fingerprint density at radius 1 is 0.821 bits per heavy atom. The van der Waals surface area contributed by atoms with Crippen molar-refractivity contribution in [3.63, 3.8) is 0 Å². The Hall–Kier alpha value is -3.21. The number of nitrogens with zero attached hydrogens (tertiary/aromatic N) is 1. The number of primary amides is 1. The summed E-state index contributed by atoms with van der Waals surface area (Å²) in [7, 11) is 3.47. The Balaban J connectivity index is -0.000000500. The van der Waals surface area contributed by atoms with Crippen LogP contribution in [0.1, 0.15) is 58.8 Å². The highest BCUT2D eigenvalue weighted by Crippen LogP contribution is 2.03. The molecule has 39 heavy (non-hydrogen) atoms. The second kappa shape index (κ2) is 25.1. The Kier molecular flexibility index (Phi) is 25.9. The van der Waals surface area contributed by atoms with E-state index in [9.17, 15) is 19.2 Å². The lowest BCUT2D eigenvalue weighted by Gasteiger charge is -2.19. The summed E-state index contributed by atoms with van der Waals surface area (Å²) < 4.78 is 0. The van der Waals surface area contributed by atoms with E-state index in [0.29, 0.717) is 51.7 Å². The number of hydrogen-bond acceptors (Lipinski definition) is 9. The maximum absolute atomic E-state index is 10.7. The van der Waals surface area contributed by atoms with Crippen molar-refractivity contribution in [3.8, 4) is 0 Å². The molecule has 0 saturated carbocycles. The number of hydrogen-bond donors (Lipinski definition) is 11. The van der Waals surface area contributed by atoms with Crippen molar-refractivity contribution >= 4 is 29.9 Å². The van der Waals surface area contributed by atoms with Gasteiger partial charge in [-0.25, -0.2) is 4.79 Å². The molecule has 0 saturated heterocycles. The van der Waals surface area contributed by atoms with Crippen molar-refractivity contribution in [2.24, 2.45) is 22.9 Å². The molecule has 230 valence electrons. The highest BCUT2D eigenvalue weighted by molar-refractivity contribution is 5.75. The maximum atomic E-state index is 10.7. The minimum absolute atomic E-state index is 0.0817. The van der Waals surface area contributed by atoms with Crippen LogP contribution in [0.5, 0.6) is 0 Å². The summed E-state index contributed by atoms with van der Waals surface area (Å²) in [6, 6.07) is -2.16. The molecule has 0 aliphatic rings. The first kappa shape index (κ1) is 40.3. The van der Waals surface area contributed by atoms with Crippen molar-refractivity contribution in [1.29, 1.82) is 5.41 Å². The van der Waals surface area contributed by atoms with Crippen LogP contribution in [-0.4, -0.2) is 108 Å². The molecule has 0 aliphatic carbocycles. The fraction of sp³-hybridized carbons (Fsp3) is 0.783. The molecule has 15 N–H and O–H groups in total. The van der Waals surface area contributed by atoms with E-state index < -0.39 is 42.1 Å². The number of carbonyl (C=O) groups is 4. The number of amides is 2. The van der Waals surface area contributed by atoms with E-state index in [1.807, 2.05) is 13.8 Å². The summed E-state index contributed by atoms with van der Waals surface area (Å²) in [5.41, 5.74) is 20.4. The van der Waals surface area contributed by atoms with Gasteiger partial charge < -0.3 is 54.2 Å². The standard InChI is InChI=1S/C9H20N2O2.C8H18N4O2.C6H13N3O3/c1-7(2)11-8(9(12)13)5-3-4-6-10;1-12(2)6(7(13)14)4-3-5-11-8(9)10;7-4(5(10)11)2-1-3-9-6(8)12/h7-8,11H,3-6,10H2,1-2H3,(H,12,13);6H,3-5H2,1-2H3,(H,13,14)(H4,9,10,11);4H,1-3,7H2,(H,10,11)(H3,8,9,12). The third kappa shape index (κ3) is 29.2. The van der Waals surface area contributed by atoms with Crippen LogP contribution in [0.15, 0.2) is 0 Å². The van der Waals surface area contributed by atoms with Gasteiger partial charge in [-0.3, -0.25) is 24.7 Å². The quantitative estimate of drug-likeness (QED) is 0.0522. The SMILES string of the molecule is CC(C)NC(CCCCN)C(=O)O.CN(C)C(CCCNC(=N)N)C(=O)O.NC(=O)NCCCC(N)C(=O)O. The number of aliphatic carboxylic acids is 3. The summed E-state index contributed by atoms with van der Waals surface area (Å²) in [6.45, 7) is 5.41. The molecule has 16 heteroatoms. The van der Waals surface area contributed by atoms with E-state index >= 15 is 0 Å². The molecule has 0 aromatic heterocycles. The zero-order valence-electron chi connectivity index (χ0n) is 23.6. The number of carbonyl (C=O) groups excluding carboxylic acids is 1. The minimum Gasteiger partial charge on any atom is -0.480 e. The number of carboxylic acid groups (broad SMARTS) is 3. The fourth-order valence-electron chi connectivity index (χ4n) is 2.95. The Labute approximate surface area is 230 Å². The zero-order chi connectivity index (χ0) is 31.0. The van der Waals surface area contributed by atoms with Crippen LogP contribution in [0.3, 0.4) is 0 Å². The lowest BCUT2D eigenvalue weighted by Crippen LogP contribution is -2.40. The molecule has 0 radical (unpaired) electrons. The predicted octanol–water partition coefficient (Wildman–Crippen LogP) is -1.32. The summed E-state index contributed by atoms with van der Waals surface area (Å²) >= 11 is 0. The summed E-state index contributed by atoms with van der Waals surface area (Å²) in [4.78, 5) is 43.5. The third-order valence-electron chi connectivity index (χ3n) is 4.97. The number of guanidine groups is 1. The molecule has 0 aromatic rings. The maximum Gasteiger partial charge on any atom is 0.320 e. The number of carboxylic acids is 3. The molecule has 0 spiro atoms. The van der Waals surface area contributed by atoms with Gasteiger partial charge in [0.05, 0.1) is 0 Å². The highest BCUT2D eigenvalue weighted by atomic mass is 16.4. The van der Waals surface area contributed by atoms with Gasteiger partial charge in [-0.15, -0.1) is 0 Å². The van der Waals surface area contributed by atoms with Crippen LogP contribution >= 0.6 is 0 Å². The van der Waals surface area contributed by atoms with Crippen LogP contribution < -0.4 is 38.9 Å². The minimum atomic E-state index is -1.03.